The fourth-order valence-electron chi connectivity index (χ4n) is 0.558. The molecule has 0 spiro atoms. The van der Waals surface area contributed by atoms with E-state index in [4.69, 9.17) is 11.6 Å². The predicted octanol–water partition coefficient (Wildman–Crippen LogP) is 1.78. The molecule has 0 unspecified atom stereocenters. The monoisotopic (exact) mass is 176 g/mol. The van der Waals surface area contributed by atoms with Crippen LogP contribution in [0.2, 0.25) is 5.15 Å². The van der Waals surface area contributed by atoms with E-state index in [-0.39, 0.29) is 5.15 Å². The van der Waals surface area contributed by atoms with Crippen molar-refractivity contribution in [2.75, 3.05) is 0 Å². The van der Waals surface area contributed by atoms with Crippen LogP contribution >= 0.6 is 11.6 Å². The average molecular weight is 177 g/mol. The first kappa shape index (κ1) is 7.87. The summed E-state index contributed by atoms with van der Waals surface area (Å²) in [5, 5.41) is 9.83. The van der Waals surface area contributed by atoms with Gasteiger partial charge in [0.15, 0.2) is 0 Å². The Kier molecular flexibility index (Phi) is 2.00. The number of halogens is 2. The van der Waals surface area contributed by atoms with Gasteiger partial charge in [-0.2, -0.15) is 4.39 Å². The van der Waals surface area contributed by atoms with Gasteiger partial charge in [0.25, 0.3) is 5.69 Å². The molecule has 0 fully saturated rings. The number of rotatable bonds is 1. The third-order valence-corrected chi connectivity index (χ3v) is 1.15. The summed E-state index contributed by atoms with van der Waals surface area (Å²) in [6, 6.07) is 1.68. The SMILES string of the molecule is O=[N+]([O-])c1cc(F)nc(Cl)c1. The normalized spacial score (nSPS) is 9.64. The van der Waals surface area contributed by atoms with E-state index >= 15 is 0 Å². The number of hydrogen-bond acceptors (Lipinski definition) is 3. The van der Waals surface area contributed by atoms with E-state index in [1.807, 2.05) is 0 Å². The number of pyridine rings is 1. The van der Waals surface area contributed by atoms with E-state index in [2.05, 4.69) is 4.98 Å². The summed E-state index contributed by atoms with van der Waals surface area (Å²) in [5.74, 6) is -0.954. The zero-order valence-electron chi connectivity index (χ0n) is 5.12. The second-order valence-corrected chi connectivity index (χ2v) is 2.12. The highest BCUT2D eigenvalue weighted by molar-refractivity contribution is 6.29. The molecule has 0 aliphatic carbocycles. The van der Waals surface area contributed by atoms with Crippen LogP contribution in [0.5, 0.6) is 0 Å². The van der Waals surface area contributed by atoms with Crippen molar-refractivity contribution in [3.05, 3.63) is 33.3 Å². The Labute approximate surface area is 65.8 Å². The molecule has 0 aromatic carbocycles. The molecule has 0 aliphatic rings. The summed E-state index contributed by atoms with van der Waals surface area (Å²) in [7, 11) is 0. The molecule has 0 radical (unpaired) electrons. The molecule has 4 nitrogen and oxygen atoms in total. The minimum absolute atomic E-state index is 0.225. The van der Waals surface area contributed by atoms with Gasteiger partial charge in [-0.25, -0.2) is 4.98 Å². The smallest absolute Gasteiger partial charge is 0.258 e. The highest BCUT2D eigenvalue weighted by Crippen LogP contribution is 2.16. The summed E-state index contributed by atoms with van der Waals surface area (Å²) in [6.07, 6.45) is 0. The van der Waals surface area contributed by atoms with Crippen LogP contribution in [0.1, 0.15) is 0 Å². The van der Waals surface area contributed by atoms with Gasteiger partial charge < -0.3 is 0 Å². The van der Waals surface area contributed by atoms with Crippen LogP contribution in [0.25, 0.3) is 0 Å². The van der Waals surface area contributed by atoms with E-state index < -0.39 is 16.6 Å². The maximum atomic E-state index is 12.3. The lowest BCUT2D eigenvalue weighted by Crippen LogP contribution is -1.91. The Morgan fingerprint density at radius 3 is 2.73 bits per heavy atom. The molecule has 0 N–H and O–H groups in total. The minimum Gasteiger partial charge on any atom is -0.258 e. The predicted molar refractivity (Wildman–Crippen MR) is 35.9 cm³/mol. The molecule has 1 heterocycles. The Bertz CT molecular complexity index is 284. The van der Waals surface area contributed by atoms with Crippen molar-refractivity contribution in [2.24, 2.45) is 0 Å². The van der Waals surface area contributed by atoms with Crippen LogP contribution in [0, 0.1) is 16.1 Å². The summed E-state index contributed by atoms with van der Waals surface area (Å²) in [4.78, 5) is 12.4. The van der Waals surface area contributed by atoms with Gasteiger partial charge in [-0.15, -0.1) is 0 Å². The van der Waals surface area contributed by atoms with Gasteiger partial charge in [-0.05, 0) is 0 Å². The second kappa shape index (κ2) is 2.79. The first-order valence-corrected chi connectivity index (χ1v) is 2.95. The fourth-order valence-corrected chi connectivity index (χ4v) is 0.750. The Hall–Kier alpha value is -1.23. The van der Waals surface area contributed by atoms with Crippen molar-refractivity contribution in [3.63, 3.8) is 0 Å². The van der Waals surface area contributed by atoms with Crippen LogP contribution in [0.4, 0.5) is 10.1 Å². The molecule has 0 atom stereocenters. The molecule has 58 valence electrons. The first-order chi connectivity index (χ1) is 5.09. The van der Waals surface area contributed by atoms with Gasteiger partial charge >= 0.3 is 0 Å². The Morgan fingerprint density at radius 1 is 1.64 bits per heavy atom. The molecule has 6 heteroatoms. The lowest BCUT2D eigenvalue weighted by molar-refractivity contribution is -0.385. The van der Waals surface area contributed by atoms with Gasteiger partial charge in [0, 0.05) is 0 Å². The van der Waals surface area contributed by atoms with Gasteiger partial charge in [0.2, 0.25) is 5.95 Å². The number of hydrogen-bond donors (Lipinski definition) is 0. The van der Waals surface area contributed by atoms with Crippen LogP contribution < -0.4 is 0 Å². The molecule has 1 aromatic rings. The summed E-state index contributed by atoms with van der Waals surface area (Å²) in [5.41, 5.74) is -0.400. The van der Waals surface area contributed by atoms with Crippen LogP contribution in [-0.4, -0.2) is 9.91 Å². The third-order valence-electron chi connectivity index (χ3n) is 0.958. The maximum absolute atomic E-state index is 12.3. The van der Waals surface area contributed by atoms with Crippen molar-refractivity contribution in [1.29, 1.82) is 0 Å². The summed E-state index contributed by atoms with van der Waals surface area (Å²) < 4.78 is 12.3. The third kappa shape index (κ3) is 1.84. The molecule has 0 amide bonds. The molecular weight excluding hydrogens is 175 g/mol. The molecule has 11 heavy (non-hydrogen) atoms. The standard InChI is InChI=1S/C5H2ClFN2O2/c6-4-1-3(9(10)11)2-5(7)8-4/h1-2H. The van der Waals surface area contributed by atoms with Gasteiger partial charge in [0.1, 0.15) is 5.15 Å². The van der Waals surface area contributed by atoms with E-state index in [0.29, 0.717) is 6.07 Å². The number of nitrogens with zero attached hydrogens (tertiary/aromatic N) is 2. The lowest BCUT2D eigenvalue weighted by Gasteiger charge is -1.91. The van der Waals surface area contributed by atoms with Gasteiger partial charge in [-0.3, -0.25) is 10.1 Å². The lowest BCUT2D eigenvalue weighted by atomic mass is 10.4. The highest BCUT2D eigenvalue weighted by atomic mass is 35.5. The maximum Gasteiger partial charge on any atom is 0.277 e. The van der Waals surface area contributed by atoms with Crippen molar-refractivity contribution in [1.82, 2.24) is 4.98 Å². The zero-order chi connectivity index (χ0) is 8.43. The molecule has 0 saturated carbocycles. The van der Waals surface area contributed by atoms with Crippen LogP contribution in [0.15, 0.2) is 12.1 Å². The Morgan fingerprint density at radius 2 is 2.27 bits per heavy atom. The molecule has 0 bridgehead atoms. The fraction of sp³-hybridized carbons (Fsp3) is 0. The van der Waals surface area contributed by atoms with Gasteiger partial charge in [-0.1, -0.05) is 11.6 Å². The first-order valence-electron chi connectivity index (χ1n) is 2.57. The minimum atomic E-state index is -0.954. The second-order valence-electron chi connectivity index (χ2n) is 1.73. The van der Waals surface area contributed by atoms with E-state index in [1.165, 1.54) is 0 Å². The zero-order valence-corrected chi connectivity index (χ0v) is 5.88. The van der Waals surface area contributed by atoms with Gasteiger partial charge in [0.05, 0.1) is 17.1 Å². The van der Waals surface area contributed by atoms with Crippen LogP contribution in [0.3, 0.4) is 0 Å². The summed E-state index contributed by atoms with van der Waals surface area (Å²) >= 11 is 5.24. The van der Waals surface area contributed by atoms with E-state index in [9.17, 15) is 14.5 Å². The highest BCUT2D eigenvalue weighted by Gasteiger charge is 2.08. The molecule has 1 rings (SSSR count). The molecule has 0 saturated heterocycles. The van der Waals surface area contributed by atoms with Crippen LogP contribution in [-0.2, 0) is 0 Å². The van der Waals surface area contributed by atoms with Crippen molar-refractivity contribution in [3.8, 4) is 0 Å². The molecule has 1 aromatic heterocycles. The summed E-state index contributed by atoms with van der Waals surface area (Å²) in [6.45, 7) is 0. The van der Waals surface area contributed by atoms with Crippen molar-refractivity contribution < 1.29 is 9.31 Å². The topological polar surface area (TPSA) is 56.0 Å². The Balaban J connectivity index is 3.19. The van der Waals surface area contributed by atoms with E-state index in [0.717, 1.165) is 6.07 Å². The number of aromatic nitrogens is 1. The quantitative estimate of drug-likeness (QED) is 0.372. The molecule has 0 aliphatic heterocycles. The largest absolute Gasteiger partial charge is 0.277 e. The molecular formula is C5H2ClFN2O2. The average Bonchev–Trinajstić information content (AvgIpc) is 1.85. The van der Waals surface area contributed by atoms with E-state index in [1.54, 1.807) is 0 Å². The van der Waals surface area contributed by atoms with Crippen molar-refractivity contribution in [2.45, 2.75) is 0 Å². The van der Waals surface area contributed by atoms with Crippen molar-refractivity contribution >= 4 is 17.3 Å². The number of nitro groups is 1.